The second kappa shape index (κ2) is 10.1. The molecule has 2 amide bonds. The first kappa shape index (κ1) is 22.3. The predicted octanol–water partition coefficient (Wildman–Crippen LogP) is 4.40. The number of anilines is 1. The van der Waals surface area contributed by atoms with E-state index in [-0.39, 0.29) is 29.9 Å². The highest BCUT2D eigenvalue weighted by atomic mass is 35.5. The molecule has 160 valence electrons. The summed E-state index contributed by atoms with van der Waals surface area (Å²) in [5.41, 5.74) is 0.595. The summed E-state index contributed by atoms with van der Waals surface area (Å²) < 4.78 is 24.3. The van der Waals surface area contributed by atoms with E-state index in [4.69, 9.17) is 32.7 Å². The molecular weight excluding hydrogens is 434 g/mol. The fraction of sp³-hybridized carbons (Fsp3) is 0.333. The van der Waals surface area contributed by atoms with Crippen LogP contribution in [-0.4, -0.2) is 49.6 Å². The molecule has 0 spiro atoms. The normalized spacial score (nSPS) is 15.9. The van der Waals surface area contributed by atoms with Gasteiger partial charge >= 0.3 is 0 Å². The number of carbonyl (C=O) groups excluding carboxylic acids is 2. The number of ether oxygens (including phenoxy) is 2. The molecule has 2 aromatic rings. The molecule has 30 heavy (non-hydrogen) atoms. The van der Waals surface area contributed by atoms with E-state index >= 15 is 0 Å². The lowest BCUT2D eigenvalue weighted by Gasteiger charge is -2.24. The number of rotatable bonds is 7. The van der Waals surface area contributed by atoms with Crippen LogP contribution < -0.4 is 10.1 Å². The molecule has 1 atom stereocenters. The van der Waals surface area contributed by atoms with Crippen molar-refractivity contribution < 1.29 is 23.5 Å². The van der Waals surface area contributed by atoms with Crippen molar-refractivity contribution in [1.29, 1.82) is 0 Å². The number of carbonyl (C=O) groups is 2. The fourth-order valence-corrected chi connectivity index (χ4v) is 3.81. The Kier molecular flexibility index (Phi) is 7.53. The quantitative estimate of drug-likeness (QED) is 0.629. The van der Waals surface area contributed by atoms with E-state index in [1.807, 2.05) is 0 Å². The first-order valence-electron chi connectivity index (χ1n) is 9.38. The van der Waals surface area contributed by atoms with Crippen molar-refractivity contribution in [2.75, 3.05) is 32.2 Å². The summed E-state index contributed by atoms with van der Waals surface area (Å²) in [7, 11) is 1.52. The summed E-state index contributed by atoms with van der Waals surface area (Å²) in [6.45, 7) is 0.981. The van der Waals surface area contributed by atoms with Gasteiger partial charge in [0.1, 0.15) is 12.6 Å². The van der Waals surface area contributed by atoms with Crippen LogP contribution in [-0.2, 0) is 9.53 Å². The van der Waals surface area contributed by atoms with Crippen LogP contribution in [0.15, 0.2) is 36.4 Å². The van der Waals surface area contributed by atoms with Crippen molar-refractivity contribution in [2.45, 2.75) is 18.9 Å². The molecule has 1 unspecified atom stereocenters. The fourth-order valence-electron chi connectivity index (χ4n) is 3.28. The summed E-state index contributed by atoms with van der Waals surface area (Å²) in [5, 5.41) is 3.36. The first-order valence-corrected chi connectivity index (χ1v) is 10.1. The summed E-state index contributed by atoms with van der Waals surface area (Å²) in [6, 6.07) is 8.05. The Hall–Kier alpha value is -2.35. The number of benzene rings is 2. The van der Waals surface area contributed by atoms with Gasteiger partial charge in [-0.15, -0.1) is 0 Å². The molecule has 1 aliphatic heterocycles. The van der Waals surface area contributed by atoms with Crippen molar-refractivity contribution in [2.24, 2.45) is 0 Å². The molecule has 1 N–H and O–H groups in total. The average molecular weight is 455 g/mol. The minimum absolute atomic E-state index is 0.0700. The molecule has 1 heterocycles. The maximum absolute atomic E-state index is 14.2. The van der Waals surface area contributed by atoms with Crippen molar-refractivity contribution in [3.63, 3.8) is 0 Å². The number of nitrogens with one attached hydrogen (secondary N) is 1. The lowest BCUT2D eigenvalue weighted by atomic mass is 10.1. The van der Waals surface area contributed by atoms with Crippen molar-refractivity contribution in [1.82, 2.24) is 4.90 Å². The third-order valence-electron chi connectivity index (χ3n) is 4.67. The van der Waals surface area contributed by atoms with E-state index in [1.54, 1.807) is 6.07 Å². The highest BCUT2D eigenvalue weighted by Crippen LogP contribution is 2.26. The summed E-state index contributed by atoms with van der Waals surface area (Å²) in [5.74, 6) is -1.25. The molecule has 0 aromatic heterocycles. The van der Waals surface area contributed by atoms with Crippen molar-refractivity contribution in [3.05, 3.63) is 57.8 Å². The third-order valence-corrected chi connectivity index (χ3v) is 5.11. The van der Waals surface area contributed by atoms with Crippen LogP contribution in [0, 0.1) is 5.82 Å². The first-order chi connectivity index (χ1) is 14.4. The van der Waals surface area contributed by atoms with Crippen LogP contribution in [0.3, 0.4) is 0 Å². The number of likely N-dealkylation sites (tertiary alicyclic amines) is 1. The number of amides is 2. The maximum atomic E-state index is 14.2. The second-order valence-corrected chi connectivity index (χ2v) is 7.66. The van der Waals surface area contributed by atoms with Crippen molar-refractivity contribution >= 4 is 40.7 Å². The van der Waals surface area contributed by atoms with E-state index in [0.717, 1.165) is 0 Å². The van der Waals surface area contributed by atoms with Gasteiger partial charge in [-0.1, -0.05) is 23.2 Å². The van der Waals surface area contributed by atoms with Gasteiger partial charge in [-0.25, -0.2) is 4.39 Å². The zero-order valence-electron chi connectivity index (χ0n) is 16.3. The van der Waals surface area contributed by atoms with E-state index in [1.165, 1.54) is 42.3 Å². The summed E-state index contributed by atoms with van der Waals surface area (Å²) in [4.78, 5) is 27.1. The van der Waals surface area contributed by atoms with Crippen LogP contribution >= 0.6 is 23.2 Å². The number of methoxy groups -OCH3 is 1. The maximum Gasteiger partial charge on any atom is 0.254 e. The minimum atomic E-state index is -0.670. The molecule has 1 saturated heterocycles. The van der Waals surface area contributed by atoms with Gasteiger partial charge in [-0.05, 0) is 43.2 Å². The Morgan fingerprint density at radius 1 is 1.17 bits per heavy atom. The SMILES string of the molecule is COCCOc1ccc(NC(=O)C2CCCN2C(=O)c2cc(Cl)cc(Cl)c2)cc1F. The van der Waals surface area contributed by atoms with Gasteiger partial charge in [0, 0.05) is 41.0 Å². The zero-order chi connectivity index (χ0) is 21.7. The molecule has 9 heteroatoms. The molecule has 0 saturated carbocycles. The van der Waals surface area contributed by atoms with Gasteiger partial charge in [-0.3, -0.25) is 9.59 Å². The number of nitrogens with zero attached hydrogens (tertiary/aromatic N) is 1. The van der Waals surface area contributed by atoms with Crippen LogP contribution in [0.25, 0.3) is 0 Å². The average Bonchev–Trinajstić information content (AvgIpc) is 3.18. The smallest absolute Gasteiger partial charge is 0.254 e. The minimum Gasteiger partial charge on any atom is -0.488 e. The molecule has 0 radical (unpaired) electrons. The Bertz CT molecular complexity index is 921. The molecule has 1 fully saturated rings. The number of halogens is 3. The largest absolute Gasteiger partial charge is 0.488 e. The number of hydrogen-bond donors (Lipinski definition) is 1. The van der Waals surface area contributed by atoms with E-state index in [0.29, 0.717) is 41.6 Å². The molecular formula is C21H21Cl2FN2O4. The molecule has 2 aromatic carbocycles. The van der Waals surface area contributed by atoms with E-state index in [9.17, 15) is 14.0 Å². The Balaban J connectivity index is 1.68. The van der Waals surface area contributed by atoms with Gasteiger partial charge in [0.25, 0.3) is 5.91 Å². The molecule has 6 nitrogen and oxygen atoms in total. The third kappa shape index (κ3) is 5.41. The van der Waals surface area contributed by atoms with Gasteiger partial charge in [-0.2, -0.15) is 0 Å². The van der Waals surface area contributed by atoms with Crippen LogP contribution in [0.5, 0.6) is 5.75 Å². The molecule has 3 rings (SSSR count). The lowest BCUT2D eigenvalue weighted by molar-refractivity contribution is -0.119. The van der Waals surface area contributed by atoms with Crippen LogP contribution in [0.4, 0.5) is 10.1 Å². The number of hydrogen-bond acceptors (Lipinski definition) is 4. The Morgan fingerprint density at radius 3 is 2.57 bits per heavy atom. The molecule has 1 aliphatic rings. The van der Waals surface area contributed by atoms with E-state index in [2.05, 4.69) is 5.32 Å². The Labute approximate surface area is 183 Å². The molecule has 0 aliphatic carbocycles. The lowest BCUT2D eigenvalue weighted by Crippen LogP contribution is -2.43. The molecule has 0 bridgehead atoms. The van der Waals surface area contributed by atoms with Gasteiger partial charge in [0.15, 0.2) is 11.6 Å². The summed E-state index contributed by atoms with van der Waals surface area (Å²) >= 11 is 12.0. The van der Waals surface area contributed by atoms with Gasteiger partial charge < -0.3 is 19.7 Å². The topological polar surface area (TPSA) is 67.9 Å². The van der Waals surface area contributed by atoms with Gasteiger partial charge in [0.2, 0.25) is 5.91 Å². The zero-order valence-corrected chi connectivity index (χ0v) is 17.8. The second-order valence-electron chi connectivity index (χ2n) is 6.79. The Morgan fingerprint density at radius 2 is 1.90 bits per heavy atom. The van der Waals surface area contributed by atoms with E-state index < -0.39 is 11.9 Å². The predicted molar refractivity (Wildman–Crippen MR) is 113 cm³/mol. The van der Waals surface area contributed by atoms with Gasteiger partial charge in [0.05, 0.1) is 6.61 Å². The highest BCUT2D eigenvalue weighted by Gasteiger charge is 2.34. The summed E-state index contributed by atoms with van der Waals surface area (Å²) in [6.07, 6.45) is 1.19. The standard InChI is InChI=1S/C21H21Cl2FN2O4/c1-29-7-8-30-19-5-4-16(12-17(19)24)25-20(27)18-3-2-6-26(18)21(28)13-9-14(22)11-15(23)10-13/h4-5,9-12,18H,2-3,6-8H2,1H3,(H,25,27). The highest BCUT2D eigenvalue weighted by molar-refractivity contribution is 6.35. The van der Waals surface area contributed by atoms with Crippen LogP contribution in [0.1, 0.15) is 23.2 Å². The van der Waals surface area contributed by atoms with Crippen molar-refractivity contribution in [3.8, 4) is 5.75 Å². The van der Waals surface area contributed by atoms with Crippen LogP contribution in [0.2, 0.25) is 10.0 Å². The monoisotopic (exact) mass is 454 g/mol.